The van der Waals surface area contributed by atoms with Gasteiger partial charge in [0.2, 0.25) is 0 Å². The van der Waals surface area contributed by atoms with E-state index in [4.69, 9.17) is 4.74 Å². The first-order valence-electron chi connectivity index (χ1n) is 7.65. The smallest absolute Gasteiger partial charge is 0.259 e. The van der Waals surface area contributed by atoms with Crippen LogP contribution in [-0.4, -0.2) is 10.6 Å². The number of allylic oxidation sites excluding steroid dienone is 2. The molecule has 0 fully saturated rings. The molecule has 114 valence electrons. The standard InChI is InChI=1S/C19H21NO2/c1-13(2)7-6-11-19(3)12-10-15-17(22-19)14-8-4-5-9-16(14)20-18(15)21/h4-5,7-10,12H,6,11H2,1-3H3,(H,20,21). The molecule has 1 aliphatic heterocycles. The van der Waals surface area contributed by atoms with Gasteiger partial charge in [0.25, 0.3) is 5.56 Å². The predicted molar refractivity (Wildman–Crippen MR) is 91.3 cm³/mol. The predicted octanol–water partition coefficient (Wildman–Crippen LogP) is 4.44. The minimum absolute atomic E-state index is 0.101. The highest BCUT2D eigenvalue weighted by molar-refractivity contribution is 5.89. The Morgan fingerprint density at radius 3 is 2.86 bits per heavy atom. The molecule has 2 aromatic rings. The van der Waals surface area contributed by atoms with E-state index in [1.165, 1.54) is 5.57 Å². The fourth-order valence-corrected chi connectivity index (χ4v) is 2.80. The van der Waals surface area contributed by atoms with Gasteiger partial charge < -0.3 is 9.72 Å². The van der Waals surface area contributed by atoms with E-state index in [2.05, 4.69) is 31.8 Å². The van der Waals surface area contributed by atoms with Crippen LogP contribution in [0, 0.1) is 0 Å². The molecule has 0 amide bonds. The summed E-state index contributed by atoms with van der Waals surface area (Å²) in [5, 5.41) is 0.954. The number of nitrogens with one attached hydrogen (secondary N) is 1. The Morgan fingerprint density at radius 1 is 1.32 bits per heavy atom. The number of para-hydroxylation sites is 1. The average molecular weight is 295 g/mol. The number of aromatic amines is 1. The molecule has 1 aromatic carbocycles. The summed E-state index contributed by atoms with van der Waals surface area (Å²) in [5.74, 6) is 0.696. The third-order valence-electron chi connectivity index (χ3n) is 4.04. The Morgan fingerprint density at radius 2 is 2.09 bits per heavy atom. The lowest BCUT2D eigenvalue weighted by molar-refractivity contribution is 0.130. The van der Waals surface area contributed by atoms with Gasteiger partial charge in [-0.2, -0.15) is 0 Å². The molecule has 0 spiro atoms. The third kappa shape index (κ3) is 2.71. The summed E-state index contributed by atoms with van der Waals surface area (Å²) in [4.78, 5) is 15.1. The number of aromatic nitrogens is 1. The summed E-state index contributed by atoms with van der Waals surface area (Å²) in [5.41, 5.74) is 2.25. The summed E-state index contributed by atoms with van der Waals surface area (Å²) < 4.78 is 6.26. The van der Waals surface area contributed by atoms with Crippen molar-refractivity contribution in [1.82, 2.24) is 4.98 Å². The molecule has 2 heterocycles. The molecular formula is C19H21NO2. The van der Waals surface area contributed by atoms with E-state index in [1.807, 2.05) is 36.4 Å². The Labute approximate surface area is 130 Å². The van der Waals surface area contributed by atoms with Crippen molar-refractivity contribution < 1.29 is 4.74 Å². The van der Waals surface area contributed by atoms with Gasteiger partial charge in [-0.3, -0.25) is 4.79 Å². The molecule has 0 saturated heterocycles. The maximum atomic E-state index is 12.2. The summed E-state index contributed by atoms with van der Waals surface area (Å²) in [6.45, 7) is 6.27. The minimum atomic E-state index is -0.379. The number of hydrogen-bond donors (Lipinski definition) is 1. The van der Waals surface area contributed by atoms with E-state index in [1.54, 1.807) is 0 Å². The Balaban J connectivity index is 2.01. The molecule has 1 atom stereocenters. The normalized spacial score (nSPS) is 19.6. The first-order chi connectivity index (χ1) is 10.5. The Hall–Kier alpha value is -2.29. The van der Waals surface area contributed by atoms with Gasteiger partial charge in [0.05, 0.1) is 11.1 Å². The van der Waals surface area contributed by atoms with Crippen LogP contribution in [0.25, 0.3) is 17.0 Å². The molecule has 0 aliphatic carbocycles. The number of ether oxygens (including phenoxy) is 1. The monoisotopic (exact) mass is 295 g/mol. The van der Waals surface area contributed by atoms with Crippen molar-refractivity contribution in [3.63, 3.8) is 0 Å². The summed E-state index contributed by atoms with van der Waals surface area (Å²) in [6.07, 6.45) is 7.95. The SMILES string of the molecule is CC(C)=CCCC1(C)C=Cc2c(c3ccccc3[nH]c2=O)O1. The third-order valence-corrected chi connectivity index (χ3v) is 4.04. The van der Waals surface area contributed by atoms with Gasteiger partial charge in [-0.15, -0.1) is 0 Å². The van der Waals surface area contributed by atoms with Gasteiger partial charge in [0.1, 0.15) is 11.4 Å². The van der Waals surface area contributed by atoms with E-state index in [0.29, 0.717) is 11.3 Å². The topological polar surface area (TPSA) is 42.1 Å². The van der Waals surface area contributed by atoms with E-state index >= 15 is 0 Å². The lowest BCUT2D eigenvalue weighted by Crippen LogP contribution is -2.33. The second-order valence-corrected chi connectivity index (χ2v) is 6.31. The molecule has 0 bridgehead atoms. The van der Waals surface area contributed by atoms with E-state index < -0.39 is 0 Å². The van der Waals surface area contributed by atoms with Crippen LogP contribution < -0.4 is 10.3 Å². The Bertz CT molecular complexity index is 825. The van der Waals surface area contributed by atoms with Gasteiger partial charge in [-0.25, -0.2) is 0 Å². The van der Waals surface area contributed by atoms with Crippen molar-refractivity contribution in [2.45, 2.75) is 39.2 Å². The lowest BCUT2D eigenvalue weighted by atomic mass is 9.94. The maximum absolute atomic E-state index is 12.2. The zero-order valence-corrected chi connectivity index (χ0v) is 13.3. The zero-order chi connectivity index (χ0) is 15.7. The van der Waals surface area contributed by atoms with Crippen molar-refractivity contribution >= 4 is 17.0 Å². The molecule has 3 rings (SSSR count). The van der Waals surface area contributed by atoms with Crippen LogP contribution in [0.3, 0.4) is 0 Å². The highest BCUT2D eigenvalue weighted by atomic mass is 16.5. The molecule has 22 heavy (non-hydrogen) atoms. The summed E-state index contributed by atoms with van der Waals surface area (Å²) >= 11 is 0. The quantitative estimate of drug-likeness (QED) is 0.851. The molecule has 0 saturated carbocycles. The number of pyridine rings is 1. The summed E-state index contributed by atoms with van der Waals surface area (Å²) in [6, 6.07) is 7.76. The van der Waals surface area contributed by atoms with Crippen LogP contribution >= 0.6 is 0 Å². The van der Waals surface area contributed by atoms with Crippen LogP contribution in [0.4, 0.5) is 0 Å². The number of H-pyrrole nitrogens is 1. The van der Waals surface area contributed by atoms with Crippen molar-refractivity contribution in [2.75, 3.05) is 0 Å². The molecule has 1 aromatic heterocycles. The van der Waals surface area contributed by atoms with Crippen molar-refractivity contribution in [1.29, 1.82) is 0 Å². The Kier molecular flexibility index (Phi) is 3.65. The minimum Gasteiger partial charge on any atom is -0.482 e. The maximum Gasteiger partial charge on any atom is 0.259 e. The second-order valence-electron chi connectivity index (χ2n) is 6.31. The van der Waals surface area contributed by atoms with E-state index in [0.717, 1.165) is 23.7 Å². The fourth-order valence-electron chi connectivity index (χ4n) is 2.80. The number of rotatable bonds is 3. The van der Waals surface area contributed by atoms with Gasteiger partial charge in [0, 0.05) is 5.39 Å². The van der Waals surface area contributed by atoms with E-state index in [9.17, 15) is 4.79 Å². The summed E-state index contributed by atoms with van der Waals surface area (Å²) in [7, 11) is 0. The van der Waals surface area contributed by atoms with Gasteiger partial charge >= 0.3 is 0 Å². The number of benzene rings is 1. The molecule has 0 radical (unpaired) electrons. The zero-order valence-electron chi connectivity index (χ0n) is 13.3. The number of hydrogen-bond acceptors (Lipinski definition) is 2. The number of fused-ring (bicyclic) bond motifs is 3. The van der Waals surface area contributed by atoms with Crippen LogP contribution in [0.2, 0.25) is 0 Å². The first-order valence-corrected chi connectivity index (χ1v) is 7.65. The van der Waals surface area contributed by atoms with E-state index in [-0.39, 0.29) is 11.2 Å². The van der Waals surface area contributed by atoms with Gasteiger partial charge in [-0.1, -0.05) is 23.8 Å². The van der Waals surface area contributed by atoms with Crippen molar-refractivity contribution in [3.05, 3.63) is 57.9 Å². The largest absolute Gasteiger partial charge is 0.482 e. The lowest BCUT2D eigenvalue weighted by Gasteiger charge is -2.31. The van der Waals surface area contributed by atoms with Crippen LogP contribution in [0.15, 0.2) is 46.8 Å². The van der Waals surface area contributed by atoms with Crippen molar-refractivity contribution in [3.8, 4) is 5.75 Å². The second kappa shape index (κ2) is 5.48. The average Bonchev–Trinajstić information content (AvgIpc) is 2.46. The molecule has 3 heteroatoms. The van der Waals surface area contributed by atoms with Crippen LogP contribution in [-0.2, 0) is 0 Å². The highest BCUT2D eigenvalue weighted by Gasteiger charge is 2.29. The van der Waals surface area contributed by atoms with Gasteiger partial charge in [0.15, 0.2) is 0 Å². The first kappa shape index (κ1) is 14.6. The molecule has 1 unspecified atom stereocenters. The molecule has 3 nitrogen and oxygen atoms in total. The van der Waals surface area contributed by atoms with Crippen LogP contribution in [0.5, 0.6) is 5.75 Å². The molecular weight excluding hydrogens is 274 g/mol. The van der Waals surface area contributed by atoms with Gasteiger partial charge in [-0.05, 0) is 57.9 Å². The molecule has 1 aliphatic rings. The highest BCUT2D eigenvalue weighted by Crippen LogP contribution is 2.36. The van der Waals surface area contributed by atoms with Crippen molar-refractivity contribution in [2.24, 2.45) is 0 Å². The van der Waals surface area contributed by atoms with Crippen LogP contribution in [0.1, 0.15) is 39.2 Å². The fraction of sp³-hybridized carbons (Fsp3) is 0.316. The molecule has 1 N–H and O–H groups in total.